The van der Waals surface area contributed by atoms with Gasteiger partial charge < -0.3 is 10.2 Å². The molecule has 1 heterocycles. The first-order valence-corrected chi connectivity index (χ1v) is 9.35. The second-order valence-corrected chi connectivity index (χ2v) is 7.46. The molecule has 26 heavy (non-hydrogen) atoms. The van der Waals surface area contributed by atoms with Crippen molar-refractivity contribution in [2.45, 2.75) is 57.5 Å². The third kappa shape index (κ3) is 3.59. The molecule has 1 saturated carbocycles. The van der Waals surface area contributed by atoms with Crippen LogP contribution in [0.5, 0.6) is 0 Å². The molecule has 0 aromatic heterocycles. The van der Waals surface area contributed by atoms with E-state index in [0.717, 1.165) is 36.8 Å². The number of carbonyl (C=O) groups excluding carboxylic acids is 3. The summed E-state index contributed by atoms with van der Waals surface area (Å²) in [6, 6.07) is 7.70. The van der Waals surface area contributed by atoms with Gasteiger partial charge in [-0.2, -0.15) is 0 Å². The van der Waals surface area contributed by atoms with Crippen LogP contribution in [0, 0.1) is 6.92 Å². The van der Waals surface area contributed by atoms with Crippen molar-refractivity contribution >= 4 is 17.8 Å². The number of benzene rings is 1. The minimum atomic E-state index is -0.664. The summed E-state index contributed by atoms with van der Waals surface area (Å²) in [7, 11) is 1.79. The van der Waals surface area contributed by atoms with Crippen molar-refractivity contribution < 1.29 is 14.4 Å². The Kier molecular flexibility index (Phi) is 5.30. The summed E-state index contributed by atoms with van der Waals surface area (Å²) < 4.78 is 0. The van der Waals surface area contributed by atoms with E-state index in [1.54, 1.807) is 11.9 Å². The minimum absolute atomic E-state index is 0.0240. The molecule has 0 unspecified atom stereocenters. The Hall–Kier alpha value is -2.37. The van der Waals surface area contributed by atoms with E-state index in [0.29, 0.717) is 25.9 Å². The van der Waals surface area contributed by atoms with Gasteiger partial charge in [0.05, 0.1) is 0 Å². The predicted molar refractivity (Wildman–Crippen MR) is 98.3 cm³/mol. The summed E-state index contributed by atoms with van der Waals surface area (Å²) in [5.74, 6) is -0.0865. The fraction of sp³-hybridized carbons (Fsp3) is 0.550. The zero-order valence-corrected chi connectivity index (χ0v) is 15.6. The normalized spacial score (nSPS) is 18.5. The highest BCUT2D eigenvalue weighted by Gasteiger charge is 2.52. The average Bonchev–Trinajstić information content (AvgIpc) is 3.17. The van der Waals surface area contributed by atoms with Crippen LogP contribution < -0.4 is 5.32 Å². The molecular weight excluding hydrogens is 330 g/mol. The lowest BCUT2D eigenvalue weighted by Crippen LogP contribution is -2.44. The summed E-state index contributed by atoms with van der Waals surface area (Å²) in [6.45, 7) is 2.90. The third-order valence-electron chi connectivity index (χ3n) is 5.57. The average molecular weight is 357 g/mol. The second kappa shape index (κ2) is 7.48. The van der Waals surface area contributed by atoms with Gasteiger partial charge >= 0.3 is 6.03 Å². The van der Waals surface area contributed by atoms with Crippen molar-refractivity contribution in [2.75, 3.05) is 13.6 Å². The van der Waals surface area contributed by atoms with Crippen molar-refractivity contribution in [1.29, 1.82) is 0 Å². The van der Waals surface area contributed by atoms with Gasteiger partial charge in [0, 0.05) is 26.6 Å². The van der Waals surface area contributed by atoms with Crippen LogP contribution in [0.4, 0.5) is 4.79 Å². The number of nitrogens with zero attached hydrogens (tertiary/aromatic N) is 2. The molecule has 2 aliphatic rings. The number of hydrogen-bond acceptors (Lipinski definition) is 3. The summed E-state index contributed by atoms with van der Waals surface area (Å²) in [5.41, 5.74) is 1.62. The highest BCUT2D eigenvalue weighted by molar-refractivity contribution is 6.07. The summed E-state index contributed by atoms with van der Waals surface area (Å²) in [6.07, 6.45) is 4.22. The van der Waals surface area contributed by atoms with E-state index < -0.39 is 5.54 Å². The Morgan fingerprint density at radius 1 is 1.23 bits per heavy atom. The first kappa shape index (κ1) is 18.4. The Labute approximate surface area is 154 Å². The largest absolute Gasteiger partial charge is 0.341 e. The van der Waals surface area contributed by atoms with E-state index in [-0.39, 0.29) is 17.8 Å². The predicted octanol–water partition coefficient (Wildman–Crippen LogP) is 2.60. The molecule has 1 aliphatic carbocycles. The topological polar surface area (TPSA) is 69.7 Å². The van der Waals surface area contributed by atoms with Crippen molar-refractivity contribution in [3.05, 3.63) is 35.4 Å². The van der Waals surface area contributed by atoms with E-state index in [9.17, 15) is 14.4 Å². The molecule has 140 valence electrons. The molecule has 0 atom stereocenters. The summed E-state index contributed by atoms with van der Waals surface area (Å²) in [5, 5.41) is 2.87. The number of urea groups is 1. The number of hydrogen-bond donors (Lipinski definition) is 1. The molecule has 3 rings (SSSR count). The molecule has 6 heteroatoms. The van der Waals surface area contributed by atoms with Gasteiger partial charge in [-0.05, 0) is 37.3 Å². The number of rotatable bonds is 6. The van der Waals surface area contributed by atoms with Gasteiger partial charge in [0.25, 0.3) is 5.91 Å². The number of aryl methyl sites for hydroxylation is 1. The molecule has 1 aromatic carbocycles. The van der Waals surface area contributed by atoms with Gasteiger partial charge in [-0.3, -0.25) is 14.5 Å². The molecule has 2 fully saturated rings. The van der Waals surface area contributed by atoms with E-state index in [4.69, 9.17) is 0 Å². The van der Waals surface area contributed by atoms with Gasteiger partial charge in [0.1, 0.15) is 5.54 Å². The van der Waals surface area contributed by atoms with Crippen molar-refractivity contribution in [3.8, 4) is 0 Å². The van der Waals surface area contributed by atoms with Crippen LogP contribution >= 0.6 is 0 Å². The van der Waals surface area contributed by atoms with Crippen molar-refractivity contribution in [1.82, 2.24) is 15.1 Å². The standard InChI is InChI=1S/C20H27N3O3/c1-15-8-3-4-9-16(15)14-22(2)17(24)10-7-13-23-18(25)20(21-19(23)26)11-5-6-12-20/h3-4,8-9H,5-7,10-14H2,1-2H3,(H,21,26). The smallest absolute Gasteiger partial charge is 0.325 e. The molecule has 1 spiro atoms. The van der Waals surface area contributed by atoms with Crippen LogP contribution in [0.2, 0.25) is 0 Å². The summed E-state index contributed by atoms with van der Waals surface area (Å²) in [4.78, 5) is 40.1. The fourth-order valence-electron chi connectivity index (χ4n) is 3.91. The van der Waals surface area contributed by atoms with Gasteiger partial charge in [-0.1, -0.05) is 37.1 Å². The zero-order chi connectivity index (χ0) is 18.7. The number of imide groups is 1. The van der Waals surface area contributed by atoms with Gasteiger partial charge in [-0.25, -0.2) is 4.79 Å². The zero-order valence-electron chi connectivity index (χ0n) is 15.6. The number of carbonyl (C=O) groups is 3. The Balaban J connectivity index is 1.48. The highest BCUT2D eigenvalue weighted by Crippen LogP contribution is 2.35. The third-order valence-corrected chi connectivity index (χ3v) is 5.57. The quantitative estimate of drug-likeness (QED) is 0.796. The lowest BCUT2D eigenvalue weighted by Gasteiger charge is -2.21. The molecule has 0 radical (unpaired) electrons. The lowest BCUT2D eigenvalue weighted by atomic mass is 9.98. The first-order valence-electron chi connectivity index (χ1n) is 9.35. The molecule has 0 bridgehead atoms. The van der Waals surface area contributed by atoms with Crippen molar-refractivity contribution in [2.24, 2.45) is 0 Å². The second-order valence-electron chi connectivity index (χ2n) is 7.46. The maximum absolute atomic E-state index is 12.6. The van der Waals surface area contributed by atoms with Gasteiger partial charge in [-0.15, -0.1) is 0 Å². The minimum Gasteiger partial charge on any atom is -0.341 e. The van der Waals surface area contributed by atoms with E-state index in [2.05, 4.69) is 5.32 Å². The van der Waals surface area contributed by atoms with Crippen LogP contribution in [0.25, 0.3) is 0 Å². The first-order chi connectivity index (χ1) is 12.4. The number of nitrogens with one attached hydrogen (secondary N) is 1. The Bertz CT molecular complexity index is 710. The van der Waals surface area contributed by atoms with Crippen LogP contribution in [0.15, 0.2) is 24.3 Å². The maximum atomic E-state index is 12.6. The van der Waals surface area contributed by atoms with Crippen LogP contribution in [-0.4, -0.2) is 46.8 Å². The maximum Gasteiger partial charge on any atom is 0.325 e. The molecule has 1 saturated heterocycles. The van der Waals surface area contributed by atoms with E-state index in [1.165, 1.54) is 4.90 Å². The fourth-order valence-corrected chi connectivity index (χ4v) is 3.91. The number of amides is 4. The van der Waals surface area contributed by atoms with Crippen LogP contribution in [0.1, 0.15) is 49.7 Å². The van der Waals surface area contributed by atoms with Gasteiger partial charge in [0.2, 0.25) is 5.91 Å². The van der Waals surface area contributed by atoms with Gasteiger partial charge in [0.15, 0.2) is 0 Å². The molecule has 1 aliphatic heterocycles. The lowest BCUT2D eigenvalue weighted by molar-refractivity contribution is -0.133. The molecular formula is C20H27N3O3. The van der Waals surface area contributed by atoms with Crippen LogP contribution in [0.3, 0.4) is 0 Å². The van der Waals surface area contributed by atoms with E-state index in [1.807, 2.05) is 31.2 Å². The molecule has 4 amide bonds. The Morgan fingerprint density at radius 3 is 2.62 bits per heavy atom. The highest BCUT2D eigenvalue weighted by atomic mass is 16.2. The monoisotopic (exact) mass is 357 g/mol. The Morgan fingerprint density at radius 2 is 1.92 bits per heavy atom. The van der Waals surface area contributed by atoms with E-state index >= 15 is 0 Å². The summed E-state index contributed by atoms with van der Waals surface area (Å²) >= 11 is 0. The molecule has 1 N–H and O–H groups in total. The molecule has 6 nitrogen and oxygen atoms in total. The van der Waals surface area contributed by atoms with Crippen molar-refractivity contribution in [3.63, 3.8) is 0 Å². The van der Waals surface area contributed by atoms with Crippen LogP contribution in [-0.2, 0) is 16.1 Å². The molecule has 1 aromatic rings. The SMILES string of the molecule is Cc1ccccc1CN(C)C(=O)CCCN1C(=O)NC2(CCCC2)C1=O.